The number of hydrogen-bond acceptors (Lipinski definition) is 4. The van der Waals surface area contributed by atoms with Gasteiger partial charge in [0.1, 0.15) is 6.04 Å². The van der Waals surface area contributed by atoms with E-state index >= 15 is 0 Å². The molecule has 1 N–H and O–H groups in total. The van der Waals surface area contributed by atoms with E-state index in [1.807, 2.05) is 31.2 Å². The van der Waals surface area contributed by atoms with Crippen molar-refractivity contribution >= 4 is 39.1 Å². The van der Waals surface area contributed by atoms with Gasteiger partial charge in [-0.25, -0.2) is 8.42 Å². The Hall–Kier alpha value is -2.58. The Bertz CT molecular complexity index is 1170. The topological polar surface area (TPSA) is 86.8 Å². The van der Waals surface area contributed by atoms with E-state index in [9.17, 15) is 18.0 Å². The third kappa shape index (κ3) is 7.96. The molecule has 2 aromatic rings. The molecule has 1 saturated carbocycles. The summed E-state index contributed by atoms with van der Waals surface area (Å²) >= 11 is 6.06. The molecule has 3 rings (SSSR count). The zero-order valence-corrected chi connectivity index (χ0v) is 22.8. The number of anilines is 1. The molecule has 0 saturated heterocycles. The molecule has 1 aliphatic carbocycles. The van der Waals surface area contributed by atoms with Gasteiger partial charge in [-0.3, -0.25) is 13.9 Å². The second kappa shape index (κ2) is 12.6. The quantitative estimate of drug-likeness (QED) is 0.454. The van der Waals surface area contributed by atoms with Crippen molar-refractivity contribution in [3.63, 3.8) is 0 Å². The number of carbonyl (C=O) groups is 2. The van der Waals surface area contributed by atoms with Gasteiger partial charge in [0.05, 0.1) is 11.9 Å². The summed E-state index contributed by atoms with van der Waals surface area (Å²) in [4.78, 5) is 28.0. The number of amides is 2. The van der Waals surface area contributed by atoms with Crippen LogP contribution < -0.4 is 9.62 Å². The summed E-state index contributed by atoms with van der Waals surface area (Å²) in [5.41, 5.74) is 2.48. The number of rotatable bonds is 11. The fourth-order valence-electron chi connectivity index (χ4n) is 4.62. The SMILES string of the molecule is Cc1cccc(CN(C(=O)CCCN(c2cccc(Cl)c2)S(C)(=O)=O)C(C)C(=O)NC2CCCC2)c1. The van der Waals surface area contributed by atoms with Crippen LogP contribution in [0.3, 0.4) is 0 Å². The summed E-state index contributed by atoms with van der Waals surface area (Å²) in [5.74, 6) is -0.343. The molecule has 0 aliphatic heterocycles. The minimum absolute atomic E-state index is 0.111. The maximum absolute atomic E-state index is 13.4. The van der Waals surface area contributed by atoms with Crippen LogP contribution in [0.4, 0.5) is 5.69 Å². The van der Waals surface area contributed by atoms with Crippen LogP contribution >= 0.6 is 11.6 Å². The normalized spacial score (nSPS) is 14.9. The minimum Gasteiger partial charge on any atom is -0.352 e. The first-order valence-corrected chi connectivity index (χ1v) is 14.7. The van der Waals surface area contributed by atoms with Crippen LogP contribution in [0.2, 0.25) is 5.02 Å². The van der Waals surface area contributed by atoms with Crippen molar-refractivity contribution < 1.29 is 18.0 Å². The van der Waals surface area contributed by atoms with Gasteiger partial charge in [-0.05, 0) is 56.9 Å². The molecule has 0 aromatic heterocycles. The average molecular weight is 534 g/mol. The summed E-state index contributed by atoms with van der Waals surface area (Å²) in [7, 11) is -3.56. The first-order chi connectivity index (χ1) is 17.0. The fourth-order valence-corrected chi connectivity index (χ4v) is 5.76. The van der Waals surface area contributed by atoms with E-state index in [1.54, 1.807) is 36.1 Å². The summed E-state index contributed by atoms with van der Waals surface area (Å²) in [6.07, 6.45) is 5.70. The monoisotopic (exact) mass is 533 g/mol. The van der Waals surface area contributed by atoms with Crippen LogP contribution in [-0.4, -0.2) is 50.0 Å². The average Bonchev–Trinajstić information content (AvgIpc) is 3.32. The molecule has 1 atom stereocenters. The smallest absolute Gasteiger partial charge is 0.242 e. The van der Waals surface area contributed by atoms with Crippen LogP contribution in [0, 0.1) is 6.92 Å². The van der Waals surface area contributed by atoms with Crippen molar-refractivity contribution in [1.29, 1.82) is 0 Å². The van der Waals surface area contributed by atoms with Crippen LogP contribution in [0.15, 0.2) is 48.5 Å². The maximum atomic E-state index is 13.4. The van der Waals surface area contributed by atoms with Gasteiger partial charge in [0, 0.05) is 30.6 Å². The van der Waals surface area contributed by atoms with E-state index in [2.05, 4.69) is 5.32 Å². The molecule has 1 aliphatic rings. The van der Waals surface area contributed by atoms with Gasteiger partial charge in [-0.1, -0.05) is 60.3 Å². The molecular weight excluding hydrogens is 498 g/mol. The van der Waals surface area contributed by atoms with Crippen molar-refractivity contribution in [1.82, 2.24) is 10.2 Å². The van der Waals surface area contributed by atoms with E-state index < -0.39 is 16.1 Å². The van der Waals surface area contributed by atoms with E-state index in [4.69, 9.17) is 11.6 Å². The van der Waals surface area contributed by atoms with Gasteiger partial charge in [-0.15, -0.1) is 0 Å². The van der Waals surface area contributed by atoms with E-state index in [0.29, 0.717) is 23.7 Å². The number of carbonyl (C=O) groups excluding carboxylic acids is 2. The van der Waals surface area contributed by atoms with Crippen LogP contribution in [0.5, 0.6) is 0 Å². The first kappa shape index (κ1) is 28.0. The summed E-state index contributed by atoms with van der Waals surface area (Å²) in [6.45, 7) is 4.18. The summed E-state index contributed by atoms with van der Waals surface area (Å²) < 4.78 is 26.1. The molecule has 1 unspecified atom stereocenters. The van der Waals surface area contributed by atoms with E-state index in [0.717, 1.165) is 43.1 Å². The lowest BCUT2D eigenvalue weighted by Gasteiger charge is -2.30. The highest BCUT2D eigenvalue weighted by molar-refractivity contribution is 7.92. The zero-order chi connectivity index (χ0) is 26.3. The van der Waals surface area contributed by atoms with Gasteiger partial charge >= 0.3 is 0 Å². The number of halogens is 1. The highest BCUT2D eigenvalue weighted by Gasteiger charge is 2.28. The van der Waals surface area contributed by atoms with E-state index in [1.165, 1.54) is 4.31 Å². The molecule has 36 heavy (non-hydrogen) atoms. The van der Waals surface area contributed by atoms with Gasteiger partial charge in [0.25, 0.3) is 0 Å². The van der Waals surface area contributed by atoms with Crippen molar-refractivity contribution in [2.45, 2.75) is 71.0 Å². The predicted octanol–water partition coefficient (Wildman–Crippen LogP) is 4.67. The molecule has 2 amide bonds. The first-order valence-electron chi connectivity index (χ1n) is 12.4. The van der Waals surface area contributed by atoms with Gasteiger partial charge in [0.15, 0.2) is 0 Å². The van der Waals surface area contributed by atoms with Crippen molar-refractivity contribution in [2.75, 3.05) is 17.1 Å². The number of nitrogens with one attached hydrogen (secondary N) is 1. The molecule has 0 radical (unpaired) electrons. The lowest BCUT2D eigenvalue weighted by Crippen LogP contribution is -2.49. The highest BCUT2D eigenvalue weighted by atomic mass is 35.5. The van der Waals surface area contributed by atoms with Crippen molar-refractivity contribution in [3.05, 3.63) is 64.7 Å². The third-order valence-electron chi connectivity index (χ3n) is 6.55. The highest BCUT2D eigenvalue weighted by Crippen LogP contribution is 2.23. The molecule has 0 spiro atoms. The minimum atomic E-state index is -3.56. The molecule has 9 heteroatoms. The molecule has 7 nitrogen and oxygen atoms in total. The number of sulfonamides is 1. The lowest BCUT2D eigenvalue weighted by molar-refractivity contribution is -0.141. The third-order valence-corrected chi connectivity index (χ3v) is 7.98. The Morgan fingerprint density at radius 1 is 1.11 bits per heavy atom. The second-order valence-electron chi connectivity index (χ2n) is 9.60. The van der Waals surface area contributed by atoms with Crippen molar-refractivity contribution in [3.8, 4) is 0 Å². The van der Waals surface area contributed by atoms with Gasteiger partial charge in [0.2, 0.25) is 21.8 Å². The number of hydrogen-bond donors (Lipinski definition) is 1. The fraction of sp³-hybridized carbons (Fsp3) is 0.481. The molecule has 0 bridgehead atoms. The second-order valence-corrected chi connectivity index (χ2v) is 11.9. The van der Waals surface area contributed by atoms with Crippen LogP contribution in [0.25, 0.3) is 0 Å². The predicted molar refractivity (Wildman–Crippen MR) is 144 cm³/mol. The molecule has 0 heterocycles. The molecule has 2 aromatic carbocycles. The summed E-state index contributed by atoms with van der Waals surface area (Å²) in [5, 5.41) is 3.53. The zero-order valence-electron chi connectivity index (χ0n) is 21.2. The lowest BCUT2D eigenvalue weighted by atomic mass is 10.1. The van der Waals surface area contributed by atoms with Crippen LogP contribution in [0.1, 0.15) is 56.6 Å². The number of benzene rings is 2. The van der Waals surface area contributed by atoms with Gasteiger partial charge < -0.3 is 10.2 Å². The van der Waals surface area contributed by atoms with Crippen LogP contribution in [-0.2, 0) is 26.2 Å². The Morgan fingerprint density at radius 3 is 2.44 bits per heavy atom. The Labute approximate surface area is 219 Å². The number of aryl methyl sites for hydroxylation is 1. The molecular formula is C27H36ClN3O4S. The Balaban J connectivity index is 1.72. The molecule has 1 fully saturated rings. The number of nitrogens with zero attached hydrogens (tertiary/aromatic N) is 2. The Morgan fingerprint density at radius 2 is 1.81 bits per heavy atom. The standard InChI is InChI=1S/C27H36ClN3O4S/c1-20-9-6-10-22(17-20)19-30(21(2)27(33)29-24-12-4-5-13-24)26(32)15-8-16-31(36(3,34)35)25-14-7-11-23(28)18-25/h6-7,9-11,14,17-18,21,24H,4-5,8,12-13,15-16,19H2,1-3H3,(H,29,33). The van der Waals surface area contributed by atoms with E-state index in [-0.39, 0.29) is 30.8 Å². The molecule has 196 valence electrons. The Kier molecular flexibility index (Phi) is 9.79. The summed E-state index contributed by atoms with van der Waals surface area (Å²) in [6, 6.07) is 14.0. The van der Waals surface area contributed by atoms with Crippen molar-refractivity contribution in [2.24, 2.45) is 0 Å². The maximum Gasteiger partial charge on any atom is 0.242 e. The van der Waals surface area contributed by atoms with Gasteiger partial charge in [-0.2, -0.15) is 0 Å². The largest absolute Gasteiger partial charge is 0.352 e.